The Labute approximate surface area is 184 Å². The first kappa shape index (κ1) is 21.1. The van der Waals surface area contributed by atoms with Crippen LogP contribution in [0.1, 0.15) is 112 Å². The fraction of sp³-hybridized carbons (Fsp3) is 0.893. The van der Waals surface area contributed by atoms with Crippen LogP contribution in [-0.4, -0.2) is 12.1 Å². The third-order valence-corrected chi connectivity index (χ3v) is 11.0. The topological polar surface area (TPSA) is 26.3 Å². The van der Waals surface area contributed by atoms with E-state index < -0.39 is 0 Å². The summed E-state index contributed by atoms with van der Waals surface area (Å²) < 4.78 is 5.84. The van der Waals surface area contributed by atoms with E-state index in [2.05, 4.69) is 34.6 Å². The normalized spacial score (nSPS) is 45.8. The van der Waals surface area contributed by atoms with E-state index in [0.29, 0.717) is 11.3 Å². The van der Waals surface area contributed by atoms with Gasteiger partial charge in [0.25, 0.3) is 0 Å². The van der Waals surface area contributed by atoms with Gasteiger partial charge in [0.1, 0.15) is 6.10 Å². The number of allylic oxidation sites excluding steroid dienone is 2. The Morgan fingerprint density at radius 3 is 2.57 bits per heavy atom. The maximum absolute atomic E-state index is 13.0. The van der Waals surface area contributed by atoms with Crippen molar-refractivity contribution in [3.63, 3.8) is 0 Å². The zero-order valence-corrected chi connectivity index (χ0v) is 20.2. The Kier molecular flexibility index (Phi) is 4.99. The van der Waals surface area contributed by atoms with Gasteiger partial charge < -0.3 is 4.74 Å². The van der Waals surface area contributed by atoms with Gasteiger partial charge in [-0.3, -0.25) is 4.79 Å². The Morgan fingerprint density at radius 2 is 1.80 bits per heavy atom. The van der Waals surface area contributed by atoms with Gasteiger partial charge in [0.15, 0.2) is 0 Å². The zero-order valence-electron chi connectivity index (χ0n) is 20.2. The van der Waals surface area contributed by atoms with Crippen LogP contribution in [0.15, 0.2) is 11.1 Å². The van der Waals surface area contributed by atoms with Gasteiger partial charge in [-0.2, -0.15) is 0 Å². The Bertz CT molecular complexity index is 750. The molecule has 4 fully saturated rings. The van der Waals surface area contributed by atoms with E-state index in [9.17, 15) is 4.79 Å². The minimum Gasteiger partial charge on any atom is -0.462 e. The van der Waals surface area contributed by atoms with Crippen molar-refractivity contribution in [3.05, 3.63) is 11.1 Å². The van der Waals surface area contributed by atoms with E-state index in [4.69, 9.17) is 4.74 Å². The molecule has 5 rings (SSSR count). The van der Waals surface area contributed by atoms with Crippen LogP contribution >= 0.6 is 0 Å². The molecule has 7 atom stereocenters. The molecule has 1 saturated heterocycles. The molecule has 30 heavy (non-hydrogen) atoms. The first-order valence-electron chi connectivity index (χ1n) is 13.1. The highest BCUT2D eigenvalue weighted by molar-refractivity contribution is 5.81. The second-order valence-corrected chi connectivity index (χ2v) is 12.7. The maximum atomic E-state index is 13.0. The van der Waals surface area contributed by atoms with E-state index in [0.717, 1.165) is 37.0 Å². The zero-order chi connectivity index (χ0) is 21.3. The molecule has 2 bridgehead atoms. The molecule has 0 N–H and O–H groups in total. The number of fused-ring (bicyclic) bond motifs is 4. The van der Waals surface area contributed by atoms with E-state index in [1.54, 1.807) is 0 Å². The predicted molar refractivity (Wildman–Crippen MR) is 122 cm³/mol. The van der Waals surface area contributed by atoms with Crippen molar-refractivity contribution < 1.29 is 9.53 Å². The molecular weight excluding hydrogens is 368 g/mol. The highest BCUT2D eigenvalue weighted by Gasteiger charge is 2.68. The van der Waals surface area contributed by atoms with Crippen molar-refractivity contribution in [1.29, 1.82) is 0 Å². The maximum Gasteiger partial charge on any atom is 0.313 e. The van der Waals surface area contributed by atoms with Gasteiger partial charge >= 0.3 is 5.97 Å². The van der Waals surface area contributed by atoms with Crippen molar-refractivity contribution in [3.8, 4) is 0 Å². The first-order valence-corrected chi connectivity index (χ1v) is 13.1. The van der Waals surface area contributed by atoms with E-state index >= 15 is 0 Å². The number of hydrogen-bond donors (Lipinski definition) is 0. The standard InChI is InChI=1S/C28H44O2/c1-18(2)7-6-8-19(3)22-9-10-23-21-12-16-28-17-20(30-25(28)29)11-15-27(28,5)24(21)13-14-26(22,23)4/h18-20,22,24H,6-17H2,1-5H3/t19-,20+,22?,24?,26-,27-,28-/m1/s1. The molecule has 3 saturated carbocycles. The molecule has 2 unspecified atom stereocenters. The third-order valence-electron chi connectivity index (χ3n) is 11.0. The van der Waals surface area contributed by atoms with E-state index in [1.165, 1.54) is 57.8 Å². The minimum atomic E-state index is -0.166. The van der Waals surface area contributed by atoms with Crippen LogP contribution in [0.25, 0.3) is 0 Å². The van der Waals surface area contributed by atoms with Crippen molar-refractivity contribution in [1.82, 2.24) is 0 Å². The molecule has 1 spiro atoms. The molecule has 2 heteroatoms. The van der Waals surface area contributed by atoms with Gasteiger partial charge in [-0.25, -0.2) is 0 Å². The SMILES string of the molecule is CC(C)CCC[C@@H](C)C1CCC2=C3CC[C@]45C[C@H](CC[C@]4(C)C3CC[C@@]21C)OC5=O. The Hall–Kier alpha value is -0.790. The molecular formula is C28H44O2. The van der Waals surface area contributed by atoms with Crippen molar-refractivity contribution in [2.75, 3.05) is 0 Å². The Morgan fingerprint density at radius 1 is 1.00 bits per heavy atom. The summed E-state index contributed by atoms with van der Waals surface area (Å²) in [6.45, 7) is 12.4. The number of hydrogen-bond acceptors (Lipinski definition) is 2. The van der Waals surface area contributed by atoms with Gasteiger partial charge in [0.05, 0.1) is 5.41 Å². The fourth-order valence-electron chi connectivity index (χ4n) is 9.26. The lowest BCUT2D eigenvalue weighted by molar-refractivity contribution is -0.157. The summed E-state index contributed by atoms with van der Waals surface area (Å²) in [7, 11) is 0. The smallest absolute Gasteiger partial charge is 0.313 e. The van der Waals surface area contributed by atoms with Crippen LogP contribution in [0, 0.1) is 39.9 Å². The number of carbonyl (C=O) groups excluding carboxylic acids is 1. The van der Waals surface area contributed by atoms with E-state index in [1.807, 2.05) is 11.1 Å². The molecule has 5 aliphatic rings. The second-order valence-electron chi connectivity index (χ2n) is 12.7. The quantitative estimate of drug-likeness (QED) is 0.346. The highest BCUT2D eigenvalue weighted by atomic mass is 16.6. The van der Waals surface area contributed by atoms with Gasteiger partial charge in [0.2, 0.25) is 0 Å². The molecule has 1 aliphatic heterocycles. The molecule has 0 aromatic heterocycles. The van der Waals surface area contributed by atoms with Gasteiger partial charge in [-0.05, 0) is 85.9 Å². The number of esters is 1. The number of rotatable bonds is 5. The summed E-state index contributed by atoms with van der Waals surface area (Å²) in [5, 5.41) is 0. The predicted octanol–water partition coefficient (Wildman–Crippen LogP) is 7.47. The Balaban J connectivity index is 1.42. The van der Waals surface area contributed by atoms with Crippen molar-refractivity contribution >= 4 is 5.97 Å². The number of carbonyl (C=O) groups is 1. The molecule has 0 radical (unpaired) electrons. The van der Waals surface area contributed by atoms with Crippen molar-refractivity contribution in [2.24, 2.45) is 39.9 Å². The molecule has 168 valence electrons. The largest absolute Gasteiger partial charge is 0.462 e. The molecule has 2 nitrogen and oxygen atoms in total. The van der Waals surface area contributed by atoms with Crippen LogP contribution in [-0.2, 0) is 9.53 Å². The van der Waals surface area contributed by atoms with Crippen molar-refractivity contribution in [2.45, 2.75) is 118 Å². The highest BCUT2D eigenvalue weighted by Crippen LogP contribution is 2.71. The van der Waals surface area contributed by atoms with Crippen LogP contribution in [0.5, 0.6) is 0 Å². The molecule has 4 aliphatic carbocycles. The van der Waals surface area contributed by atoms with Gasteiger partial charge in [0, 0.05) is 6.42 Å². The lowest BCUT2D eigenvalue weighted by Crippen LogP contribution is -2.54. The van der Waals surface area contributed by atoms with Crippen LogP contribution < -0.4 is 0 Å². The molecule has 1 heterocycles. The molecule has 0 aromatic carbocycles. The van der Waals surface area contributed by atoms with E-state index in [-0.39, 0.29) is 22.9 Å². The summed E-state index contributed by atoms with van der Waals surface area (Å²) in [4.78, 5) is 13.0. The monoisotopic (exact) mass is 412 g/mol. The summed E-state index contributed by atoms with van der Waals surface area (Å²) in [5.74, 6) is 3.33. The number of ether oxygens (including phenoxy) is 1. The van der Waals surface area contributed by atoms with Crippen LogP contribution in [0.2, 0.25) is 0 Å². The minimum absolute atomic E-state index is 0.139. The second kappa shape index (κ2) is 7.11. The summed E-state index contributed by atoms with van der Waals surface area (Å²) in [6, 6.07) is 0. The van der Waals surface area contributed by atoms with Crippen LogP contribution in [0.3, 0.4) is 0 Å². The average Bonchev–Trinajstić information content (AvgIpc) is 3.18. The molecule has 0 aromatic rings. The van der Waals surface area contributed by atoms with Gasteiger partial charge in [-0.1, -0.05) is 65.0 Å². The lowest BCUT2D eigenvalue weighted by atomic mass is 9.43. The lowest BCUT2D eigenvalue weighted by Gasteiger charge is -2.58. The summed E-state index contributed by atoms with van der Waals surface area (Å²) >= 11 is 0. The summed E-state index contributed by atoms with van der Waals surface area (Å²) in [5.41, 5.74) is 4.06. The molecule has 0 amide bonds. The first-order chi connectivity index (χ1) is 14.2. The fourth-order valence-corrected chi connectivity index (χ4v) is 9.26. The third kappa shape index (κ3) is 2.77. The average molecular weight is 413 g/mol. The van der Waals surface area contributed by atoms with Crippen LogP contribution in [0.4, 0.5) is 0 Å². The van der Waals surface area contributed by atoms with Gasteiger partial charge in [-0.15, -0.1) is 0 Å². The summed E-state index contributed by atoms with van der Waals surface area (Å²) in [6.07, 6.45) is 15.3.